The number of hydrogen-bond acceptors (Lipinski definition) is 3. The van der Waals surface area contributed by atoms with Crippen molar-refractivity contribution < 1.29 is 4.79 Å². The van der Waals surface area contributed by atoms with Crippen molar-refractivity contribution in [2.45, 2.75) is 64.2 Å². The van der Waals surface area contributed by atoms with E-state index in [0.717, 1.165) is 23.9 Å². The summed E-state index contributed by atoms with van der Waals surface area (Å²) < 4.78 is 2.97. The summed E-state index contributed by atoms with van der Waals surface area (Å²) in [6.07, 6.45) is 6.34. The molecular formula is C21H28N4O2. The predicted molar refractivity (Wildman–Crippen MR) is 107 cm³/mol. The number of nitrogens with zero attached hydrogens (tertiary/aromatic N) is 3. The van der Waals surface area contributed by atoms with Crippen LogP contribution in [-0.4, -0.2) is 45.2 Å². The maximum Gasteiger partial charge on any atom is 0.337 e. The SMILES string of the molecule is CC(C)=CCn1c(=O)n(C(=O)NC2CC3CCC(C2)N3C)c2ccccc21. The van der Waals surface area contributed by atoms with E-state index in [1.165, 1.54) is 17.4 Å². The molecule has 4 rings (SSSR count). The Kier molecular flexibility index (Phi) is 4.68. The number of aromatic nitrogens is 2. The molecule has 0 radical (unpaired) electrons. The minimum atomic E-state index is -0.305. The molecule has 0 spiro atoms. The normalized spacial score (nSPS) is 24.9. The highest BCUT2D eigenvalue weighted by molar-refractivity contribution is 5.89. The molecule has 2 unspecified atom stereocenters. The Bertz CT molecular complexity index is 937. The molecule has 2 aromatic rings. The molecule has 2 atom stereocenters. The van der Waals surface area contributed by atoms with Gasteiger partial charge < -0.3 is 10.2 Å². The number of carbonyl (C=O) groups excluding carboxylic acids is 1. The van der Waals surface area contributed by atoms with Crippen molar-refractivity contribution in [2.75, 3.05) is 7.05 Å². The lowest BCUT2D eigenvalue weighted by Gasteiger charge is -2.36. The van der Waals surface area contributed by atoms with Gasteiger partial charge in [-0.05, 0) is 58.7 Å². The van der Waals surface area contributed by atoms with Crippen LogP contribution in [0.2, 0.25) is 0 Å². The van der Waals surface area contributed by atoms with Gasteiger partial charge in [0.15, 0.2) is 0 Å². The standard InChI is InChI=1S/C21H28N4O2/c1-14(2)10-11-24-18-6-4-5-7-19(18)25(21(24)27)20(26)22-15-12-16-8-9-17(13-15)23(16)3/h4-7,10,15-17H,8-9,11-13H2,1-3H3,(H,22,26). The smallest absolute Gasteiger partial charge is 0.334 e. The largest absolute Gasteiger partial charge is 0.337 e. The highest BCUT2D eigenvalue weighted by Crippen LogP contribution is 2.34. The number of allylic oxidation sites excluding steroid dienone is 2. The fraction of sp³-hybridized carbons (Fsp3) is 0.524. The zero-order chi connectivity index (χ0) is 19.1. The summed E-state index contributed by atoms with van der Waals surface area (Å²) in [4.78, 5) is 28.5. The second kappa shape index (κ2) is 7.00. The zero-order valence-electron chi connectivity index (χ0n) is 16.3. The van der Waals surface area contributed by atoms with E-state index >= 15 is 0 Å². The molecule has 1 amide bonds. The molecule has 2 fully saturated rings. The highest BCUT2D eigenvalue weighted by Gasteiger charge is 2.39. The van der Waals surface area contributed by atoms with Crippen molar-refractivity contribution >= 4 is 17.1 Å². The third-order valence-corrected chi connectivity index (χ3v) is 6.15. The van der Waals surface area contributed by atoms with Gasteiger partial charge in [-0.2, -0.15) is 0 Å². The third kappa shape index (κ3) is 3.23. The average molecular weight is 368 g/mol. The first-order chi connectivity index (χ1) is 13.0. The fourth-order valence-electron chi connectivity index (χ4n) is 4.62. The van der Waals surface area contributed by atoms with E-state index in [2.05, 4.69) is 17.3 Å². The first kappa shape index (κ1) is 18.0. The quantitative estimate of drug-likeness (QED) is 0.848. The monoisotopic (exact) mass is 368 g/mol. The number of carbonyl (C=O) groups is 1. The second-order valence-electron chi connectivity index (χ2n) is 8.17. The van der Waals surface area contributed by atoms with E-state index in [1.807, 2.05) is 44.2 Å². The van der Waals surface area contributed by atoms with E-state index in [0.29, 0.717) is 24.1 Å². The Balaban J connectivity index is 1.63. The van der Waals surface area contributed by atoms with Gasteiger partial charge in [-0.1, -0.05) is 23.8 Å². The predicted octanol–water partition coefficient (Wildman–Crippen LogP) is 2.95. The van der Waals surface area contributed by atoms with Gasteiger partial charge in [0.25, 0.3) is 0 Å². The highest BCUT2D eigenvalue weighted by atomic mass is 16.2. The van der Waals surface area contributed by atoms with Gasteiger partial charge >= 0.3 is 11.7 Å². The van der Waals surface area contributed by atoms with Crippen molar-refractivity contribution in [3.63, 3.8) is 0 Å². The minimum Gasteiger partial charge on any atom is -0.334 e. The summed E-state index contributed by atoms with van der Waals surface area (Å²) in [6.45, 7) is 4.48. The summed E-state index contributed by atoms with van der Waals surface area (Å²) in [6, 6.07) is 8.43. The first-order valence-electron chi connectivity index (χ1n) is 9.82. The van der Waals surface area contributed by atoms with Gasteiger partial charge in [0.1, 0.15) is 0 Å². The van der Waals surface area contributed by atoms with Crippen LogP contribution in [0.3, 0.4) is 0 Å². The molecular weight excluding hydrogens is 340 g/mol. The van der Waals surface area contributed by atoms with Gasteiger partial charge in [-0.15, -0.1) is 0 Å². The molecule has 0 saturated carbocycles. The molecule has 6 nitrogen and oxygen atoms in total. The van der Waals surface area contributed by atoms with Crippen molar-refractivity contribution in [2.24, 2.45) is 0 Å². The zero-order valence-corrected chi connectivity index (χ0v) is 16.3. The molecule has 2 aliphatic heterocycles. The van der Waals surface area contributed by atoms with Crippen LogP contribution in [0, 0.1) is 0 Å². The fourth-order valence-corrected chi connectivity index (χ4v) is 4.62. The van der Waals surface area contributed by atoms with E-state index < -0.39 is 0 Å². The molecule has 6 heteroatoms. The second-order valence-corrected chi connectivity index (χ2v) is 8.17. The number of para-hydroxylation sites is 2. The van der Waals surface area contributed by atoms with E-state index in [1.54, 1.807) is 4.57 Å². The number of amides is 1. The maximum atomic E-state index is 13.0. The number of nitrogens with one attached hydrogen (secondary N) is 1. The maximum absolute atomic E-state index is 13.0. The molecule has 27 heavy (non-hydrogen) atoms. The van der Waals surface area contributed by atoms with Crippen LogP contribution in [0.1, 0.15) is 39.5 Å². The lowest BCUT2D eigenvalue weighted by Crippen LogP contribution is -2.50. The Morgan fingerprint density at radius 1 is 1.15 bits per heavy atom. The third-order valence-electron chi connectivity index (χ3n) is 6.15. The number of piperidine rings is 1. The van der Waals surface area contributed by atoms with E-state index in [-0.39, 0.29) is 17.8 Å². The molecule has 2 bridgehead atoms. The van der Waals surface area contributed by atoms with Gasteiger partial charge in [-0.25, -0.2) is 14.2 Å². The Hall–Kier alpha value is -2.34. The van der Waals surface area contributed by atoms with Crippen LogP contribution < -0.4 is 11.0 Å². The molecule has 3 heterocycles. The van der Waals surface area contributed by atoms with Crippen LogP contribution in [0.4, 0.5) is 4.79 Å². The topological polar surface area (TPSA) is 59.3 Å². The van der Waals surface area contributed by atoms with Crippen LogP contribution in [0.5, 0.6) is 0 Å². The summed E-state index contributed by atoms with van der Waals surface area (Å²) >= 11 is 0. The number of hydrogen-bond donors (Lipinski definition) is 1. The lowest BCUT2D eigenvalue weighted by molar-refractivity contribution is 0.149. The van der Waals surface area contributed by atoms with Crippen LogP contribution in [0.15, 0.2) is 40.7 Å². The van der Waals surface area contributed by atoms with Crippen molar-refractivity contribution in [1.82, 2.24) is 19.4 Å². The van der Waals surface area contributed by atoms with Crippen molar-refractivity contribution in [1.29, 1.82) is 0 Å². The summed E-state index contributed by atoms with van der Waals surface area (Å²) in [5.41, 5.74) is 2.32. The molecule has 1 aromatic carbocycles. The lowest BCUT2D eigenvalue weighted by atomic mass is 9.98. The molecule has 1 N–H and O–H groups in total. The summed E-state index contributed by atoms with van der Waals surface area (Å²) in [5, 5.41) is 3.14. The van der Waals surface area contributed by atoms with Crippen LogP contribution in [-0.2, 0) is 6.54 Å². The number of benzene rings is 1. The first-order valence-corrected chi connectivity index (χ1v) is 9.82. The Morgan fingerprint density at radius 3 is 2.41 bits per heavy atom. The van der Waals surface area contributed by atoms with Crippen molar-refractivity contribution in [3.05, 3.63) is 46.4 Å². The van der Waals surface area contributed by atoms with Crippen molar-refractivity contribution in [3.8, 4) is 0 Å². The van der Waals surface area contributed by atoms with Crippen LogP contribution >= 0.6 is 0 Å². The van der Waals surface area contributed by atoms with Crippen LogP contribution in [0.25, 0.3) is 11.0 Å². The van der Waals surface area contributed by atoms with E-state index in [9.17, 15) is 9.59 Å². The minimum absolute atomic E-state index is 0.137. The summed E-state index contributed by atoms with van der Waals surface area (Å²) in [5.74, 6) is 0. The Morgan fingerprint density at radius 2 is 1.78 bits per heavy atom. The number of imidazole rings is 1. The van der Waals surface area contributed by atoms with Gasteiger partial charge in [0, 0.05) is 24.7 Å². The average Bonchev–Trinajstić information content (AvgIpc) is 3.00. The molecule has 144 valence electrons. The summed E-state index contributed by atoms with van der Waals surface area (Å²) in [7, 11) is 2.18. The van der Waals surface area contributed by atoms with E-state index in [4.69, 9.17) is 0 Å². The number of rotatable bonds is 3. The molecule has 1 aromatic heterocycles. The number of fused-ring (bicyclic) bond motifs is 3. The Labute approximate surface area is 159 Å². The van der Waals surface area contributed by atoms with Gasteiger partial charge in [0.05, 0.1) is 11.0 Å². The molecule has 2 saturated heterocycles. The van der Waals surface area contributed by atoms with Gasteiger partial charge in [-0.3, -0.25) is 4.57 Å². The molecule has 2 aliphatic rings. The molecule has 0 aliphatic carbocycles. The van der Waals surface area contributed by atoms with Gasteiger partial charge in [0.2, 0.25) is 0 Å².